The minimum Gasteiger partial charge on any atom is -0.381 e. The zero-order valence-electron chi connectivity index (χ0n) is 15.9. The van der Waals surface area contributed by atoms with Crippen LogP contribution in [0.4, 0.5) is 0 Å². The third kappa shape index (κ3) is 8.82. The number of guanidine groups is 1. The van der Waals surface area contributed by atoms with Gasteiger partial charge in [-0.3, -0.25) is 4.99 Å². The molecule has 1 aliphatic heterocycles. The quantitative estimate of drug-likeness (QED) is 0.228. The summed E-state index contributed by atoms with van der Waals surface area (Å²) in [4.78, 5) is 6.63. The van der Waals surface area contributed by atoms with Crippen LogP contribution < -0.4 is 10.6 Å². The molecule has 1 heterocycles. The average molecular weight is 456 g/mol. The zero-order chi connectivity index (χ0) is 17.0. The van der Waals surface area contributed by atoms with Gasteiger partial charge in [0.05, 0.1) is 0 Å². The second kappa shape index (κ2) is 14.1. The monoisotopic (exact) mass is 456 g/mol. The highest BCUT2D eigenvalue weighted by Gasteiger charge is 2.34. The van der Waals surface area contributed by atoms with E-state index in [-0.39, 0.29) is 29.5 Å². The lowest BCUT2D eigenvalue weighted by Gasteiger charge is -2.43. The maximum Gasteiger partial charge on any atom is 0.191 e. The van der Waals surface area contributed by atoms with Gasteiger partial charge >= 0.3 is 0 Å². The number of aliphatic imine (C=N–C) groups is 1. The number of nitrogens with zero attached hydrogens (tertiary/aromatic N) is 2. The van der Waals surface area contributed by atoms with E-state index in [9.17, 15) is 0 Å². The average Bonchev–Trinajstić information content (AvgIpc) is 2.57. The Morgan fingerprint density at radius 2 is 1.83 bits per heavy atom. The van der Waals surface area contributed by atoms with Gasteiger partial charge in [-0.15, -0.1) is 24.0 Å². The summed E-state index contributed by atoms with van der Waals surface area (Å²) >= 11 is 0. The van der Waals surface area contributed by atoms with Crippen molar-refractivity contribution >= 4 is 29.9 Å². The van der Waals surface area contributed by atoms with Crippen molar-refractivity contribution in [2.75, 3.05) is 60.7 Å². The van der Waals surface area contributed by atoms with Gasteiger partial charge in [0.25, 0.3) is 0 Å². The molecule has 0 saturated carbocycles. The molecule has 0 aromatic heterocycles. The molecule has 0 amide bonds. The van der Waals surface area contributed by atoms with Crippen LogP contribution in [0, 0.1) is 0 Å². The van der Waals surface area contributed by atoms with Crippen LogP contribution in [0.2, 0.25) is 0 Å². The molecule has 144 valence electrons. The molecule has 1 aliphatic rings. The Morgan fingerprint density at radius 3 is 2.42 bits per heavy atom. The van der Waals surface area contributed by atoms with Gasteiger partial charge in [-0.25, -0.2) is 0 Å². The van der Waals surface area contributed by atoms with E-state index in [1.165, 1.54) is 6.42 Å². The van der Waals surface area contributed by atoms with Gasteiger partial charge in [0, 0.05) is 52.1 Å². The molecule has 1 fully saturated rings. The molecule has 0 bridgehead atoms. The minimum atomic E-state index is 0. The summed E-state index contributed by atoms with van der Waals surface area (Å²) in [5.41, 5.74) is 0.152. The molecule has 6 nitrogen and oxygen atoms in total. The summed E-state index contributed by atoms with van der Waals surface area (Å²) in [6.45, 7) is 7.29. The number of hydrogen-bond acceptors (Lipinski definition) is 4. The summed E-state index contributed by atoms with van der Waals surface area (Å²) < 4.78 is 11.1. The molecule has 24 heavy (non-hydrogen) atoms. The highest BCUT2D eigenvalue weighted by atomic mass is 127. The van der Waals surface area contributed by atoms with E-state index in [2.05, 4.69) is 41.5 Å². The summed E-state index contributed by atoms with van der Waals surface area (Å²) in [6.07, 6.45) is 5.43. The Kier molecular flexibility index (Phi) is 14.0. The summed E-state index contributed by atoms with van der Waals surface area (Å²) in [5, 5.41) is 6.84. The van der Waals surface area contributed by atoms with Crippen molar-refractivity contribution in [3.05, 3.63) is 0 Å². The fourth-order valence-corrected chi connectivity index (χ4v) is 2.73. The van der Waals surface area contributed by atoms with E-state index in [0.29, 0.717) is 0 Å². The molecular weight excluding hydrogens is 419 g/mol. The Labute approximate surface area is 165 Å². The first-order chi connectivity index (χ1) is 11.1. The van der Waals surface area contributed by atoms with Gasteiger partial charge in [-0.1, -0.05) is 13.3 Å². The van der Waals surface area contributed by atoms with Gasteiger partial charge in [0.15, 0.2) is 5.96 Å². The smallest absolute Gasteiger partial charge is 0.191 e. The van der Waals surface area contributed by atoms with Crippen LogP contribution in [0.3, 0.4) is 0 Å². The fraction of sp³-hybridized carbons (Fsp3) is 0.941. The maximum absolute atomic E-state index is 5.57. The number of rotatable bonds is 10. The summed E-state index contributed by atoms with van der Waals surface area (Å²) in [6, 6.07) is 0. The number of likely N-dealkylation sites (N-methyl/N-ethyl adjacent to an activating group) is 1. The number of unbranched alkanes of at least 4 members (excludes halogenated alkanes) is 1. The van der Waals surface area contributed by atoms with Gasteiger partial charge in [-0.05, 0) is 39.8 Å². The van der Waals surface area contributed by atoms with Crippen molar-refractivity contribution in [1.29, 1.82) is 0 Å². The first kappa shape index (κ1) is 23.9. The molecule has 0 unspecified atom stereocenters. The lowest BCUT2D eigenvalue weighted by Crippen LogP contribution is -2.57. The predicted molar refractivity (Wildman–Crippen MR) is 112 cm³/mol. The molecule has 7 heteroatoms. The van der Waals surface area contributed by atoms with Crippen molar-refractivity contribution in [3.8, 4) is 0 Å². The van der Waals surface area contributed by atoms with E-state index in [1.807, 2.05) is 7.05 Å². The van der Waals surface area contributed by atoms with E-state index in [0.717, 1.165) is 71.2 Å². The Hall–Kier alpha value is -0.120. The first-order valence-corrected chi connectivity index (χ1v) is 8.92. The van der Waals surface area contributed by atoms with E-state index in [4.69, 9.17) is 9.47 Å². The first-order valence-electron chi connectivity index (χ1n) is 8.92. The van der Waals surface area contributed by atoms with E-state index >= 15 is 0 Å². The molecular formula is C17H37IN4O2. The second-order valence-electron chi connectivity index (χ2n) is 6.40. The predicted octanol–water partition coefficient (Wildman–Crippen LogP) is 2.09. The maximum atomic E-state index is 5.57. The molecule has 0 spiro atoms. The number of hydrogen-bond donors (Lipinski definition) is 2. The molecule has 2 N–H and O–H groups in total. The van der Waals surface area contributed by atoms with Crippen molar-refractivity contribution in [2.24, 2.45) is 4.99 Å². The van der Waals surface area contributed by atoms with Crippen LogP contribution in [0.15, 0.2) is 4.99 Å². The molecule has 1 rings (SSSR count). The standard InChI is InChI=1S/C17H36N4O2.HI/c1-5-6-11-22-12-7-10-19-16(18-2)20-15-17(21(3)4)8-13-23-14-9-17;/h5-15H2,1-4H3,(H2,18,19,20);1H. The molecule has 0 radical (unpaired) electrons. The molecule has 0 aromatic carbocycles. The largest absolute Gasteiger partial charge is 0.381 e. The molecule has 1 saturated heterocycles. The van der Waals surface area contributed by atoms with Gasteiger partial charge in [-0.2, -0.15) is 0 Å². The third-order valence-corrected chi connectivity index (χ3v) is 4.58. The number of halogens is 1. The Bertz CT molecular complexity index is 335. The van der Waals surface area contributed by atoms with Crippen LogP contribution in [-0.4, -0.2) is 77.1 Å². The lowest BCUT2D eigenvalue weighted by atomic mass is 9.88. The van der Waals surface area contributed by atoms with Gasteiger partial charge in [0.2, 0.25) is 0 Å². The Morgan fingerprint density at radius 1 is 1.17 bits per heavy atom. The number of nitrogens with one attached hydrogen (secondary N) is 2. The van der Waals surface area contributed by atoms with Crippen molar-refractivity contribution < 1.29 is 9.47 Å². The molecule has 0 aliphatic carbocycles. The van der Waals surface area contributed by atoms with Crippen molar-refractivity contribution in [2.45, 2.75) is 44.6 Å². The van der Waals surface area contributed by atoms with Gasteiger partial charge < -0.3 is 25.0 Å². The van der Waals surface area contributed by atoms with Crippen molar-refractivity contribution in [3.63, 3.8) is 0 Å². The van der Waals surface area contributed by atoms with Gasteiger partial charge in [0.1, 0.15) is 0 Å². The van der Waals surface area contributed by atoms with Crippen molar-refractivity contribution in [1.82, 2.24) is 15.5 Å². The minimum absolute atomic E-state index is 0. The van der Waals surface area contributed by atoms with Crippen LogP contribution >= 0.6 is 24.0 Å². The second-order valence-corrected chi connectivity index (χ2v) is 6.40. The van der Waals surface area contributed by atoms with E-state index < -0.39 is 0 Å². The van der Waals surface area contributed by atoms with Crippen LogP contribution in [-0.2, 0) is 9.47 Å². The highest BCUT2D eigenvalue weighted by molar-refractivity contribution is 14.0. The van der Waals surface area contributed by atoms with Crippen LogP contribution in [0.25, 0.3) is 0 Å². The SMILES string of the molecule is CCCCOCCCNC(=NC)NCC1(N(C)C)CCOCC1.I. The lowest BCUT2D eigenvalue weighted by molar-refractivity contribution is -0.00501. The normalized spacial score (nSPS) is 17.5. The summed E-state index contributed by atoms with van der Waals surface area (Å²) in [7, 11) is 6.12. The van der Waals surface area contributed by atoms with Crippen LogP contribution in [0.1, 0.15) is 39.0 Å². The highest BCUT2D eigenvalue weighted by Crippen LogP contribution is 2.24. The Balaban J connectivity index is 0.00000529. The molecule has 0 aromatic rings. The number of ether oxygens (including phenoxy) is 2. The zero-order valence-corrected chi connectivity index (χ0v) is 18.2. The fourth-order valence-electron chi connectivity index (χ4n) is 2.73. The van der Waals surface area contributed by atoms with E-state index in [1.54, 1.807) is 0 Å². The molecule has 0 atom stereocenters. The van der Waals surface area contributed by atoms with Crippen LogP contribution in [0.5, 0.6) is 0 Å². The topological polar surface area (TPSA) is 58.1 Å². The summed E-state index contributed by atoms with van der Waals surface area (Å²) in [5.74, 6) is 0.867. The third-order valence-electron chi connectivity index (χ3n) is 4.58.